The molecule has 4 aliphatic carbocycles. The van der Waals surface area contributed by atoms with Crippen LogP contribution in [0.15, 0.2) is 11.6 Å². The van der Waals surface area contributed by atoms with E-state index in [-0.39, 0.29) is 40.6 Å². The van der Waals surface area contributed by atoms with E-state index in [9.17, 15) is 46.0 Å². The fourth-order valence-electron chi connectivity index (χ4n) is 13.9. The summed E-state index contributed by atoms with van der Waals surface area (Å²) in [6.07, 6.45) is -12.9. The first kappa shape index (κ1) is 46.2. The summed E-state index contributed by atoms with van der Waals surface area (Å²) in [7, 11) is 0. The normalized spacial score (nSPS) is 58.9. The van der Waals surface area contributed by atoms with Crippen LogP contribution in [0, 0.1) is 40.4 Å². The largest absolute Gasteiger partial charge is 0.394 e. The topological polar surface area (TPSA) is 256 Å². The monoisotopic (exact) mass is 884 g/mol. The minimum Gasteiger partial charge on any atom is -0.394 e. The molecule has 9 aliphatic rings. The summed E-state index contributed by atoms with van der Waals surface area (Å²) in [4.78, 5) is 0. The van der Waals surface area contributed by atoms with Crippen LogP contribution in [0.25, 0.3) is 0 Å². The lowest BCUT2D eigenvalue weighted by Gasteiger charge is -2.62. The maximum absolute atomic E-state index is 13.0. The van der Waals surface area contributed by atoms with E-state index in [1.54, 1.807) is 0 Å². The van der Waals surface area contributed by atoms with Crippen LogP contribution in [0.1, 0.15) is 99.3 Å². The second-order valence-electron chi connectivity index (χ2n) is 21.2. The van der Waals surface area contributed by atoms with E-state index >= 15 is 0 Å². The highest BCUT2D eigenvalue weighted by molar-refractivity contribution is 5.29. The minimum atomic E-state index is -1.73. The summed E-state index contributed by atoms with van der Waals surface area (Å²) >= 11 is 0. The van der Waals surface area contributed by atoms with Gasteiger partial charge in [0.25, 0.3) is 0 Å². The highest BCUT2D eigenvalue weighted by Crippen LogP contribution is 2.72. The number of aliphatic hydroxyl groups excluding tert-OH is 8. The third kappa shape index (κ3) is 7.13. The molecule has 0 amide bonds. The summed E-state index contributed by atoms with van der Waals surface area (Å²) in [6, 6.07) is 0. The molecule has 0 aromatic rings. The van der Waals surface area contributed by atoms with E-state index in [0.717, 1.165) is 38.5 Å². The van der Waals surface area contributed by atoms with Gasteiger partial charge in [0.2, 0.25) is 0 Å². The Kier molecular flexibility index (Phi) is 12.4. The molecule has 62 heavy (non-hydrogen) atoms. The number of hydrogen-bond acceptors (Lipinski definition) is 17. The van der Waals surface area contributed by atoms with Gasteiger partial charge in [-0.15, -0.1) is 0 Å². The smallest absolute Gasteiger partial charge is 0.187 e. The molecule has 17 heteroatoms. The van der Waals surface area contributed by atoms with E-state index in [2.05, 4.69) is 33.8 Å². The van der Waals surface area contributed by atoms with Crippen LogP contribution in [0.5, 0.6) is 0 Å². The Labute approximate surface area is 363 Å². The number of rotatable bonds is 7. The van der Waals surface area contributed by atoms with Crippen molar-refractivity contribution in [2.45, 2.75) is 215 Å². The van der Waals surface area contributed by atoms with E-state index in [1.807, 2.05) is 0 Å². The molecule has 9 N–H and O–H groups in total. The maximum Gasteiger partial charge on any atom is 0.187 e. The molecule has 1 spiro atoms. The molecule has 17 nitrogen and oxygen atoms in total. The van der Waals surface area contributed by atoms with Gasteiger partial charge >= 0.3 is 0 Å². The number of ether oxygens (including phenoxy) is 8. The molecule has 5 aliphatic heterocycles. The standard InChI is InChI=1S/C45H72O17/c1-19-9-14-45(55-18-19)20(2)29-27(62-45)16-44(54)26-8-7-23-15-24(10-12-42(23,5)25(26)11-13-43(29,44)6)58-41-38(61-40-35(52)33(50)31(48)22(4)57-40)36(53)37(28(17-46)59-41)60-39-34(51)32(49)30(47)21(3)56-39/h7,19-22,24-41,46-54H,8-18H2,1-6H3/t19?,20-,21-,22-,24-,25-,26+,27?,28+,29-,30-,31-,32+,33+,34+,35+,36-,37+,38+,39-,40-,41+,42-,43+,44+,45?/m0/s1. The summed E-state index contributed by atoms with van der Waals surface area (Å²) in [5.74, 6) is 0.639. The van der Waals surface area contributed by atoms with Gasteiger partial charge in [-0.2, -0.15) is 0 Å². The predicted octanol–water partition coefficient (Wildman–Crippen LogP) is 0.357. The van der Waals surface area contributed by atoms with Gasteiger partial charge in [0, 0.05) is 30.1 Å². The van der Waals surface area contributed by atoms with Crippen molar-refractivity contribution < 1.29 is 83.9 Å². The van der Waals surface area contributed by atoms with Gasteiger partial charge in [-0.3, -0.25) is 0 Å². The molecule has 5 heterocycles. The molecule has 354 valence electrons. The molecule has 0 bridgehead atoms. The van der Waals surface area contributed by atoms with Gasteiger partial charge in [-0.25, -0.2) is 0 Å². The summed E-state index contributed by atoms with van der Waals surface area (Å²) in [5, 5.41) is 98.9. The van der Waals surface area contributed by atoms with Crippen molar-refractivity contribution in [2.24, 2.45) is 40.4 Å². The van der Waals surface area contributed by atoms with Crippen molar-refractivity contribution in [3.05, 3.63) is 11.6 Å². The molecule has 5 saturated heterocycles. The highest BCUT2D eigenvalue weighted by atomic mass is 16.8. The van der Waals surface area contributed by atoms with E-state index in [1.165, 1.54) is 19.4 Å². The molecule has 0 aromatic heterocycles. The van der Waals surface area contributed by atoms with E-state index in [4.69, 9.17) is 37.9 Å². The summed E-state index contributed by atoms with van der Waals surface area (Å²) in [5.41, 5.74) is -0.167. The van der Waals surface area contributed by atoms with E-state index < -0.39 is 116 Å². The van der Waals surface area contributed by atoms with Crippen molar-refractivity contribution >= 4 is 0 Å². The number of aliphatic hydroxyl groups is 9. The zero-order chi connectivity index (χ0) is 44.4. The second-order valence-corrected chi connectivity index (χ2v) is 21.2. The Bertz CT molecular complexity index is 1640. The second kappa shape index (κ2) is 16.7. The third-order valence-electron chi connectivity index (χ3n) is 17.8. The van der Waals surface area contributed by atoms with Gasteiger partial charge < -0.3 is 83.9 Å². The Morgan fingerprint density at radius 3 is 1.95 bits per heavy atom. The number of fused-ring (bicyclic) bond motifs is 7. The lowest BCUT2D eigenvalue weighted by atomic mass is 9.45. The lowest BCUT2D eigenvalue weighted by molar-refractivity contribution is -0.388. The maximum atomic E-state index is 13.0. The molecule has 0 radical (unpaired) electrons. The molecular weight excluding hydrogens is 812 g/mol. The van der Waals surface area contributed by atoms with Crippen molar-refractivity contribution in [2.75, 3.05) is 13.2 Å². The third-order valence-corrected chi connectivity index (χ3v) is 17.8. The highest BCUT2D eigenvalue weighted by Gasteiger charge is 2.74. The Morgan fingerprint density at radius 2 is 1.34 bits per heavy atom. The zero-order valence-electron chi connectivity index (χ0n) is 36.8. The van der Waals surface area contributed by atoms with Crippen molar-refractivity contribution in [3.63, 3.8) is 0 Å². The van der Waals surface area contributed by atoms with Crippen LogP contribution in [0.3, 0.4) is 0 Å². The number of allylic oxidation sites excluding steroid dienone is 1. The molecule has 8 fully saturated rings. The van der Waals surface area contributed by atoms with Crippen molar-refractivity contribution in [3.8, 4) is 0 Å². The van der Waals surface area contributed by atoms with Crippen LogP contribution in [0.2, 0.25) is 0 Å². The molecule has 3 unspecified atom stereocenters. The Hall–Kier alpha value is -0.940. The fraction of sp³-hybridized carbons (Fsp3) is 0.956. The molecule has 9 rings (SSSR count). The first-order valence-corrected chi connectivity index (χ1v) is 23.3. The van der Waals surface area contributed by atoms with Gasteiger partial charge in [-0.1, -0.05) is 39.3 Å². The first-order chi connectivity index (χ1) is 29.3. The van der Waals surface area contributed by atoms with Gasteiger partial charge in [0.05, 0.1) is 43.2 Å². The molecule has 3 saturated carbocycles. The Balaban J connectivity index is 0.928. The summed E-state index contributed by atoms with van der Waals surface area (Å²) < 4.78 is 49.9. The van der Waals surface area contributed by atoms with E-state index in [0.29, 0.717) is 31.8 Å². The fourth-order valence-corrected chi connectivity index (χ4v) is 13.9. The quantitative estimate of drug-likeness (QED) is 0.157. The molecular formula is C45H72O17. The average molecular weight is 885 g/mol. The average Bonchev–Trinajstić information content (AvgIpc) is 3.64. The minimum absolute atomic E-state index is 0.0526. The van der Waals surface area contributed by atoms with Gasteiger partial charge in [0.15, 0.2) is 24.7 Å². The SMILES string of the molecule is CC1CCC2(OC1)OC1C[C@@]3(O)[C@@H]4CC=C5C[C@@H](O[C@@H]6O[C@H](CO)[C@@H](O[C@@H]7O[C@@H](C)[C@H](O)[C@@H](O)[C@H]7O)[C@H](O)[C@H]6O[C@@H]6O[C@@H](C)[C@H](O)[C@@H](O)[C@H]6O)CC[C@]5(C)[C@H]4CC[C@]3(C)[C@H]1[C@@H]2C. The van der Waals surface area contributed by atoms with Gasteiger partial charge in [-0.05, 0) is 82.0 Å². The molecule has 26 atom stereocenters. The van der Waals surface area contributed by atoms with Crippen molar-refractivity contribution in [1.82, 2.24) is 0 Å². The zero-order valence-corrected chi connectivity index (χ0v) is 36.8. The first-order valence-electron chi connectivity index (χ1n) is 23.3. The van der Waals surface area contributed by atoms with Crippen LogP contribution in [0.4, 0.5) is 0 Å². The number of hydrogen-bond donors (Lipinski definition) is 9. The van der Waals surface area contributed by atoms with Crippen LogP contribution in [-0.4, -0.2) is 175 Å². The molecule has 0 aromatic carbocycles. The van der Waals surface area contributed by atoms with Gasteiger partial charge in [0.1, 0.15) is 61.0 Å². The van der Waals surface area contributed by atoms with Crippen molar-refractivity contribution in [1.29, 1.82) is 0 Å². The van der Waals surface area contributed by atoms with Crippen LogP contribution < -0.4 is 0 Å². The predicted molar refractivity (Wildman–Crippen MR) is 214 cm³/mol. The Morgan fingerprint density at radius 1 is 0.694 bits per heavy atom. The summed E-state index contributed by atoms with van der Waals surface area (Å²) in [6.45, 7) is 12.1. The lowest BCUT2D eigenvalue weighted by Crippen LogP contribution is -2.66. The van der Waals surface area contributed by atoms with Crippen LogP contribution in [-0.2, 0) is 37.9 Å². The van der Waals surface area contributed by atoms with Crippen LogP contribution >= 0.6 is 0 Å².